The zero-order chi connectivity index (χ0) is 18.4. The van der Waals surface area contributed by atoms with Gasteiger partial charge in [0.15, 0.2) is 6.61 Å². The molecule has 0 saturated carbocycles. The van der Waals surface area contributed by atoms with Crippen molar-refractivity contribution in [2.45, 2.75) is 6.42 Å². The Hall–Kier alpha value is -3.65. The van der Waals surface area contributed by atoms with Crippen LogP contribution in [0.25, 0.3) is 10.8 Å². The Labute approximate surface area is 150 Å². The fourth-order valence-corrected chi connectivity index (χ4v) is 2.53. The van der Waals surface area contributed by atoms with Gasteiger partial charge in [0.25, 0.3) is 5.91 Å². The number of rotatable bonds is 5. The maximum Gasteiger partial charge on any atom is 0.338 e. The largest absolute Gasteiger partial charge is 0.452 e. The van der Waals surface area contributed by atoms with Crippen LogP contribution >= 0.6 is 0 Å². The number of hydrogen-bond acceptors (Lipinski definition) is 4. The highest BCUT2D eigenvalue weighted by Gasteiger charge is 2.11. The number of nitriles is 1. The van der Waals surface area contributed by atoms with Crippen LogP contribution in [0.1, 0.15) is 15.9 Å². The summed E-state index contributed by atoms with van der Waals surface area (Å²) in [4.78, 5) is 24.1. The van der Waals surface area contributed by atoms with Crippen LogP contribution < -0.4 is 5.32 Å². The summed E-state index contributed by atoms with van der Waals surface area (Å²) in [6.45, 7) is -0.369. The molecule has 0 spiro atoms. The molecule has 0 aliphatic heterocycles. The topological polar surface area (TPSA) is 79.2 Å². The molecule has 3 aromatic rings. The number of benzene rings is 3. The number of hydrogen-bond donors (Lipinski definition) is 1. The van der Waals surface area contributed by atoms with E-state index in [1.165, 1.54) is 0 Å². The van der Waals surface area contributed by atoms with Crippen LogP contribution in [0, 0.1) is 11.3 Å². The van der Waals surface area contributed by atoms with Crippen LogP contribution in [-0.2, 0) is 16.0 Å². The van der Waals surface area contributed by atoms with Gasteiger partial charge in [0.1, 0.15) is 0 Å². The second-order valence-corrected chi connectivity index (χ2v) is 5.72. The van der Waals surface area contributed by atoms with Crippen LogP contribution in [0.15, 0.2) is 66.7 Å². The van der Waals surface area contributed by atoms with E-state index in [-0.39, 0.29) is 6.61 Å². The van der Waals surface area contributed by atoms with Crippen molar-refractivity contribution in [3.8, 4) is 6.07 Å². The molecule has 1 amide bonds. The number of carbonyl (C=O) groups is 2. The molecule has 5 nitrogen and oxygen atoms in total. The summed E-state index contributed by atoms with van der Waals surface area (Å²) < 4.78 is 5.08. The van der Waals surface area contributed by atoms with Crippen molar-refractivity contribution in [3.05, 3.63) is 77.9 Å². The molecule has 26 heavy (non-hydrogen) atoms. The van der Waals surface area contributed by atoms with Gasteiger partial charge in [0.2, 0.25) is 0 Å². The number of carbonyl (C=O) groups excluding carboxylic acids is 2. The fraction of sp³-hybridized carbons (Fsp3) is 0.0952. The molecule has 0 unspecified atom stereocenters. The van der Waals surface area contributed by atoms with Gasteiger partial charge in [0.05, 0.1) is 18.1 Å². The van der Waals surface area contributed by atoms with Gasteiger partial charge < -0.3 is 10.1 Å². The van der Waals surface area contributed by atoms with E-state index in [1.54, 1.807) is 36.4 Å². The van der Waals surface area contributed by atoms with E-state index in [9.17, 15) is 9.59 Å². The highest BCUT2D eigenvalue weighted by molar-refractivity contribution is 5.98. The summed E-state index contributed by atoms with van der Waals surface area (Å²) in [5.74, 6) is -0.970. The predicted octanol–water partition coefficient (Wildman–Crippen LogP) is 3.70. The average molecular weight is 344 g/mol. The van der Waals surface area contributed by atoms with Crippen molar-refractivity contribution < 1.29 is 14.3 Å². The summed E-state index contributed by atoms with van der Waals surface area (Å²) in [6.07, 6.45) is 0.317. The number of anilines is 1. The maximum absolute atomic E-state index is 12.1. The Kier molecular flexibility index (Phi) is 5.25. The summed E-state index contributed by atoms with van der Waals surface area (Å²) in [5, 5.41) is 13.3. The molecule has 0 atom stereocenters. The lowest BCUT2D eigenvalue weighted by Gasteiger charge is -2.08. The van der Waals surface area contributed by atoms with Gasteiger partial charge in [-0.2, -0.15) is 5.26 Å². The smallest absolute Gasteiger partial charge is 0.338 e. The van der Waals surface area contributed by atoms with Gasteiger partial charge in [0, 0.05) is 5.69 Å². The van der Waals surface area contributed by atoms with E-state index in [2.05, 4.69) is 11.4 Å². The zero-order valence-electron chi connectivity index (χ0n) is 13.9. The summed E-state index contributed by atoms with van der Waals surface area (Å²) in [7, 11) is 0. The van der Waals surface area contributed by atoms with E-state index in [1.807, 2.05) is 30.3 Å². The fourth-order valence-electron chi connectivity index (χ4n) is 2.53. The lowest BCUT2D eigenvalue weighted by atomic mass is 10.1. The average Bonchev–Trinajstić information content (AvgIpc) is 2.67. The van der Waals surface area contributed by atoms with Crippen molar-refractivity contribution in [2.24, 2.45) is 0 Å². The highest BCUT2D eigenvalue weighted by atomic mass is 16.5. The van der Waals surface area contributed by atoms with Gasteiger partial charge in [-0.3, -0.25) is 4.79 Å². The van der Waals surface area contributed by atoms with Gasteiger partial charge in [-0.15, -0.1) is 0 Å². The Balaban J connectivity index is 1.56. The molecule has 0 aromatic heterocycles. The van der Waals surface area contributed by atoms with Crippen molar-refractivity contribution in [3.63, 3.8) is 0 Å². The Bertz CT molecular complexity index is 988. The van der Waals surface area contributed by atoms with E-state index in [0.29, 0.717) is 17.7 Å². The standard InChI is InChI=1S/C21H16N2O3/c22-12-11-15-5-9-19(10-6-15)23-20(24)14-26-21(25)18-8-7-16-3-1-2-4-17(16)13-18/h1-10,13H,11,14H2,(H,23,24). The van der Waals surface area contributed by atoms with Gasteiger partial charge >= 0.3 is 5.97 Å². The first-order valence-corrected chi connectivity index (χ1v) is 8.07. The number of esters is 1. The minimum absolute atomic E-state index is 0.317. The van der Waals surface area contributed by atoms with Gasteiger partial charge in [-0.1, -0.05) is 42.5 Å². The third kappa shape index (κ3) is 4.25. The molecular weight excluding hydrogens is 328 g/mol. The number of ether oxygens (including phenoxy) is 1. The molecule has 1 N–H and O–H groups in total. The number of nitrogens with one attached hydrogen (secondary N) is 1. The zero-order valence-corrected chi connectivity index (χ0v) is 13.9. The van der Waals surface area contributed by atoms with E-state index >= 15 is 0 Å². The van der Waals surface area contributed by atoms with E-state index in [0.717, 1.165) is 16.3 Å². The lowest BCUT2D eigenvalue weighted by molar-refractivity contribution is -0.119. The first kappa shape index (κ1) is 17.2. The molecule has 3 rings (SSSR count). The highest BCUT2D eigenvalue weighted by Crippen LogP contribution is 2.16. The molecule has 0 aliphatic rings. The maximum atomic E-state index is 12.1. The van der Waals surface area contributed by atoms with E-state index in [4.69, 9.17) is 10.00 Å². The van der Waals surface area contributed by atoms with Gasteiger partial charge in [-0.25, -0.2) is 4.79 Å². The molecule has 0 bridgehead atoms. The normalized spacial score (nSPS) is 10.1. The molecule has 0 fully saturated rings. The molecule has 128 valence electrons. The first-order chi connectivity index (χ1) is 12.7. The predicted molar refractivity (Wildman–Crippen MR) is 98.6 cm³/mol. The van der Waals surface area contributed by atoms with Crippen LogP contribution in [0.4, 0.5) is 5.69 Å². The SMILES string of the molecule is N#CCc1ccc(NC(=O)COC(=O)c2ccc3ccccc3c2)cc1. The summed E-state index contributed by atoms with van der Waals surface area (Å²) >= 11 is 0. The van der Waals surface area contributed by atoms with Crippen molar-refractivity contribution in [1.29, 1.82) is 5.26 Å². The molecule has 0 saturated heterocycles. The second kappa shape index (κ2) is 7.95. The van der Waals surface area contributed by atoms with Crippen LogP contribution in [-0.4, -0.2) is 18.5 Å². The van der Waals surface area contributed by atoms with Crippen molar-refractivity contribution >= 4 is 28.3 Å². The van der Waals surface area contributed by atoms with E-state index < -0.39 is 11.9 Å². The monoisotopic (exact) mass is 344 g/mol. The van der Waals surface area contributed by atoms with Crippen LogP contribution in [0.3, 0.4) is 0 Å². The van der Waals surface area contributed by atoms with Crippen LogP contribution in [0.5, 0.6) is 0 Å². The number of nitrogens with zero attached hydrogens (tertiary/aromatic N) is 1. The third-order valence-electron chi connectivity index (χ3n) is 3.84. The van der Waals surface area contributed by atoms with Crippen LogP contribution in [0.2, 0.25) is 0 Å². The Morgan fingerprint density at radius 3 is 2.42 bits per heavy atom. The van der Waals surface area contributed by atoms with Crippen molar-refractivity contribution in [1.82, 2.24) is 0 Å². The molecule has 3 aromatic carbocycles. The molecule has 0 aliphatic carbocycles. The number of fused-ring (bicyclic) bond motifs is 1. The van der Waals surface area contributed by atoms with Crippen molar-refractivity contribution in [2.75, 3.05) is 11.9 Å². The minimum atomic E-state index is -0.546. The minimum Gasteiger partial charge on any atom is -0.452 e. The Morgan fingerprint density at radius 2 is 1.69 bits per heavy atom. The Morgan fingerprint density at radius 1 is 0.962 bits per heavy atom. The third-order valence-corrected chi connectivity index (χ3v) is 3.84. The second-order valence-electron chi connectivity index (χ2n) is 5.72. The molecule has 5 heteroatoms. The molecule has 0 heterocycles. The summed E-state index contributed by atoms with van der Waals surface area (Å²) in [6, 6.07) is 21.9. The summed E-state index contributed by atoms with van der Waals surface area (Å²) in [5.41, 5.74) is 1.85. The first-order valence-electron chi connectivity index (χ1n) is 8.07. The molecular formula is C21H16N2O3. The molecule has 0 radical (unpaired) electrons. The quantitative estimate of drug-likeness (QED) is 0.716. The number of amides is 1. The van der Waals surface area contributed by atoms with Gasteiger partial charge in [-0.05, 0) is 40.6 Å². The lowest BCUT2D eigenvalue weighted by Crippen LogP contribution is -2.20.